The fourth-order valence-electron chi connectivity index (χ4n) is 4.05. The Morgan fingerprint density at radius 2 is 1.03 bits per heavy atom. The monoisotopic (exact) mass is 542 g/mol. The van der Waals surface area contributed by atoms with E-state index in [-0.39, 0.29) is 22.0 Å². The second kappa shape index (κ2) is 12.5. The molecule has 0 spiro atoms. The highest BCUT2D eigenvalue weighted by Crippen LogP contribution is 2.56. The van der Waals surface area contributed by atoms with E-state index in [0.717, 1.165) is 13.0 Å². The summed E-state index contributed by atoms with van der Waals surface area (Å²) in [5.74, 6) is 0. The molecule has 3 aromatic rings. The number of unbranched alkanes of at least 4 members (excludes halogenated alkanes) is 2. The third-order valence-corrected chi connectivity index (χ3v) is 16.1. The van der Waals surface area contributed by atoms with Gasteiger partial charge in [-0.25, -0.2) is 0 Å². The van der Waals surface area contributed by atoms with Crippen molar-refractivity contribution in [1.82, 2.24) is 0 Å². The molecule has 33 heavy (non-hydrogen) atoms. The van der Waals surface area contributed by atoms with Crippen LogP contribution < -0.4 is 32.9 Å². The largest absolute Gasteiger partial charge is 1.00 e. The molecule has 0 saturated carbocycles. The van der Waals surface area contributed by atoms with Crippen LogP contribution in [0.3, 0.4) is 0 Å². The van der Waals surface area contributed by atoms with Gasteiger partial charge >= 0.3 is 0 Å². The van der Waals surface area contributed by atoms with Crippen LogP contribution in [0, 0.1) is 0 Å². The van der Waals surface area contributed by atoms with Crippen molar-refractivity contribution < 1.29 is 21.4 Å². The molecule has 0 aromatic heterocycles. The molecule has 0 bridgehead atoms. The van der Waals surface area contributed by atoms with Gasteiger partial charge in [0.15, 0.2) is 8.32 Å². The van der Waals surface area contributed by atoms with Gasteiger partial charge in [0, 0.05) is 6.61 Å². The average molecular weight is 544 g/mol. The number of benzene rings is 3. The lowest BCUT2D eigenvalue weighted by Gasteiger charge is -2.36. The second-order valence-electron chi connectivity index (χ2n) is 10.2. The Labute approximate surface area is 214 Å². The number of halogens is 1. The maximum atomic E-state index is 6.43. The highest BCUT2D eigenvalue weighted by molar-refractivity contribution is 7.95. The Kier molecular flexibility index (Phi) is 10.6. The number of hydrogen-bond donors (Lipinski definition) is 0. The van der Waals surface area contributed by atoms with Crippen molar-refractivity contribution in [3.63, 3.8) is 0 Å². The van der Waals surface area contributed by atoms with Gasteiger partial charge in [0.1, 0.15) is 23.2 Å². The molecule has 0 radical (unpaired) electrons. The SMILES string of the molecule is CC(C)(C)[Si](C)(C)OCCCCC[P+](c1ccccc1)(c1ccccc1)c1ccccc1.[Br-]. The van der Waals surface area contributed by atoms with Crippen LogP contribution in [-0.4, -0.2) is 21.1 Å². The van der Waals surface area contributed by atoms with Crippen LogP contribution >= 0.6 is 7.26 Å². The van der Waals surface area contributed by atoms with E-state index >= 15 is 0 Å². The lowest BCUT2D eigenvalue weighted by molar-refractivity contribution is -0.00000762. The summed E-state index contributed by atoms with van der Waals surface area (Å²) in [6, 6.07) is 33.6. The minimum absolute atomic E-state index is 0. The predicted octanol–water partition coefficient (Wildman–Crippen LogP) is 4.18. The van der Waals surface area contributed by atoms with Crippen LogP contribution in [0.25, 0.3) is 0 Å². The molecule has 0 aliphatic rings. The summed E-state index contributed by atoms with van der Waals surface area (Å²) >= 11 is 0. The highest BCUT2D eigenvalue weighted by Gasteiger charge is 2.44. The molecule has 0 amide bonds. The van der Waals surface area contributed by atoms with Crippen molar-refractivity contribution in [2.24, 2.45) is 0 Å². The Hall–Kier alpha value is -1.25. The van der Waals surface area contributed by atoms with Gasteiger partial charge in [-0.2, -0.15) is 0 Å². The molecular weight excluding hydrogens is 503 g/mol. The molecule has 3 aromatic carbocycles. The summed E-state index contributed by atoms with van der Waals surface area (Å²) in [6.07, 6.45) is 4.77. The standard InChI is InChI=1S/C29H40OPSi.BrH/c1-29(2,3)32(4,5)30-24-16-9-17-25-31(26-18-10-6-11-19-26,27-20-12-7-13-21-27)28-22-14-8-15-23-28;/h6-8,10-15,18-23H,9,16-17,24-25H2,1-5H3;1H/q+1;/p-1. The zero-order valence-corrected chi connectivity index (χ0v) is 24.4. The molecular formula is C29H40BrOPSi. The van der Waals surface area contributed by atoms with E-state index in [1.165, 1.54) is 34.9 Å². The van der Waals surface area contributed by atoms with E-state index in [1.807, 2.05) is 0 Å². The molecule has 0 aliphatic carbocycles. The summed E-state index contributed by atoms with van der Waals surface area (Å²) in [6.45, 7) is 12.5. The van der Waals surface area contributed by atoms with Crippen LogP contribution in [-0.2, 0) is 4.43 Å². The first kappa shape index (κ1) is 28.0. The molecule has 0 N–H and O–H groups in total. The van der Waals surface area contributed by atoms with E-state index in [9.17, 15) is 0 Å². The average Bonchev–Trinajstić information content (AvgIpc) is 2.80. The second-order valence-corrected chi connectivity index (χ2v) is 18.6. The van der Waals surface area contributed by atoms with Crippen LogP contribution in [0.1, 0.15) is 40.0 Å². The Morgan fingerprint density at radius 1 is 0.636 bits per heavy atom. The molecule has 0 fully saturated rings. The van der Waals surface area contributed by atoms with Crippen molar-refractivity contribution in [3.05, 3.63) is 91.0 Å². The van der Waals surface area contributed by atoms with Crippen molar-refractivity contribution >= 4 is 31.5 Å². The van der Waals surface area contributed by atoms with Gasteiger partial charge in [-0.3, -0.25) is 0 Å². The zero-order chi connectivity index (χ0) is 23.1. The van der Waals surface area contributed by atoms with Crippen molar-refractivity contribution in [3.8, 4) is 0 Å². The quantitative estimate of drug-likeness (QED) is 0.212. The molecule has 4 heteroatoms. The van der Waals surface area contributed by atoms with Crippen molar-refractivity contribution in [2.45, 2.75) is 58.2 Å². The molecule has 0 atom stereocenters. The van der Waals surface area contributed by atoms with Crippen molar-refractivity contribution in [2.75, 3.05) is 12.8 Å². The smallest absolute Gasteiger partial charge is 0.191 e. The van der Waals surface area contributed by atoms with Crippen LogP contribution in [0.2, 0.25) is 18.1 Å². The van der Waals surface area contributed by atoms with Gasteiger partial charge < -0.3 is 21.4 Å². The lowest BCUT2D eigenvalue weighted by Crippen LogP contribution is -3.00. The lowest BCUT2D eigenvalue weighted by atomic mass is 10.2. The summed E-state index contributed by atoms with van der Waals surface area (Å²) < 4.78 is 6.43. The first-order valence-electron chi connectivity index (χ1n) is 12.0. The molecule has 0 aliphatic heterocycles. The number of hydrogen-bond acceptors (Lipinski definition) is 1. The van der Waals surface area contributed by atoms with Gasteiger partial charge in [0.25, 0.3) is 0 Å². The van der Waals surface area contributed by atoms with E-state index in [0.29, 0.717) is 0 Å². The summed E-state index contributed by atoms with van der Waals surface area (Å²) in [4.78, 5) is 0. The van der Waals surface area contributed by atoms with Gasteiger partial charge in [-0.05, 0) is 73.8 Å². The maximum Gasteiger partial charge on any atom is 0.191 e. The van der Waals surface area contributed by atoms with Crippen LogP contribution in [0.5, 0.6) is 0 Å². The van der Waals surface area contributed by atoms with E-state index in [1.54, 1.807) is 0 Å². The molecule has 3 rings (SSSR count). The van der Waals surface area contributed by atoms with Crippen molar-refractivity contribution in [1.29, 1.82) is 0 Å². The normalized spacial score (nSPS) is 12.3. The predicted molar refractivity (Wildman–Crippen MR) is 147 cm³/mol. The fourth-order valence-corrected chi connectivity index (χ4v) is 9.55. The maximum absolute atomic E-state index is 6.43. The third kappa shape index (κ3) is 6.89. The zero-order valence-electron chi connectivity index (χ0n) is 20.9. The molecule has 0 unspecified atom stereocenters. The van der Waals surface area contributed by atoms with E-state index < -0.39 is 15.6 Å². The summed E-state index contributed by atoms with van der Waals surface area (Å²) in [7, 11) is -3.35. The van der Waals surface area contributed by atoms with Gasteiger partial charge in [0.2, 0.25) is 0 Å². The first-order chi connectivity index (χ1) is 15.3. The van der Waals surface area contributed by atoms with Gasteiger partial charge in [0.05, 0.1) is 6.16 Å². The van der Waals surface area contributed by atoms with E-state index in [2.05, 4.69) is 125 Å². The molecule has 1 nitrogen and oxygen atoms in total. The minimum Gasteiger partial charge on any atom is -1.00 e. The fraction of sp³-hybridized carbons (Fsp3) is 0.379. The summed E-state index contributed by atoms with van der Waals surface area (Å²) in [5.41, 5.74) is 0. The summed E-state index contributed by atoms with van der Waals surface area (Å²) in [5, 5.41) is 4.72. The van der Waals surface area contributed by atoms with Gasteiger partial charge in [-0.1, -0.05) is 75.4 Å². The molecule has 0 heterocycles. The number of rotatable bonds is 10. The van der Waals surface area contributed by atoms with Crippen LogP contribution in [0.15, 0.2) is 91.0 Å². The first-order valence-corrected chi connectivity index (χ1v) is 16.8. The third-order valence-electron chi connectivity index (χ3n) is 7.00. The molecule has 0 saturated heterocycles. The minimum atomic E-state index is -1.69. The highest BCUT2D eigenvalue weighted by atomic mass is 79.9. The van der Waals surface area contributed by atoms with E-state index in [4.69, 9.17) is 4.43 Å². The van der Waals surface area contributed by atoms with Gasteiger partial charge in [-0.15, -0.1) is 0 Å². The Morgan fingerprint density at radius 3 is 1.39 bits per heavy atom. The Bertz CT molecular complexity index is 843. The molecule has 178 valence electrons. The Balaban J connectivity index is 0.00000385. The topological polar surface area (TPSA) is 9.23 Å². The van der Waals surface area contributed by atoms with Crippen LogP contribution in [0.4, 0.5) is 0 Å².